The number of halogens is 2. The van der Waals surface area contributed by atoms with Gasteiger partial charge in [-0.3, -0.25) is 4.79 Å². The minimum Gasteiger partial charge on any atom is -0.338 e. The second-order valence-electron chi connectivity index (χ2n) is 4.44. The molecule has 1 aromatic carbocycles. The van der Waals surface area contributed by atoms with Crippen molar-refractivity contribution in [2.24, 2.45) is 5.92 Å². The third-order valence-corrected chi connectivity index (χ3v) is 2.89. The first-order chi connectivity index (χ1) is 8.58. The fourth-order valence-corrected chi connectivity index (χ4v) is 1.91. The zero-order chi connectivity index (χ0) is 13.5. The second kappa shape index (κ2) is 8.88. The molecule has 0 bridgehead atoms. The van der Waals surface area contributed by atoms with Gasteiger partial charge in [0, 0.05) is 25.6 Å². The van der Waals surface area contributed by atoms with Gasteiger partial charge < -0.3 is 10.2 Å². The molecule has 0 aliphatic carbocycles. The van der Waals surface area contributed by atoms with Gasteiger partial charge in [-0.05, 0) is 31.7 Å². The minimum absolute atomic E-state index is 0. The van der Waals surface area contributed by atoms with Gasteiger partial charge >= 0.3 is 0 Å². The molecule has 3 nitrogen and oxygen atoms in total. The van der Waals surface area contributed by atoms with E-state index in [0.29, 0.717) is 19.6 Å². The summed E-state index contributed by atoms with van der Waals surface area (Å²) in [5.74, 6) is -0.237. The Morgan fingerprint density at radius 3 is 2.68 bits per heavy atom. The first-order valence-corrected chi connectivity index (χ1v) is 6.26. The molecule has 0 saturated carbocycles. The van der Waals surface area contributed by atoms with Gasteiger partial charge in [-0.1, -0.05) is 19.1 Å². The molecule has 1 N–H and O–H groups in total. The fourth-order valence-electron chi connectivity index (χ4n) is 1.91. The number of hydrogen-bond acceptors (Lipinski definition) is 2. The van der Waals surface area contributed by atoms with Gasteiger partial charge in [-0.2, -0.15) is 0 Å². The molecular weight excluding hydrogens is 267 g/mol. The Morgan fingerprint density at radius 1 is 1.47 bits per heavy atom. The van der Waals surface area contributed by atoms with E-state index in [0.717, 1.165) is 5.56 Å². The molecule has 0 spiro atoms. The van der Waals surface area contributed by atoms with Gasteiger partial charge in [-0.15, -0.1) is 12.4 Å². The van der Waals surface area contributed by atoms with E-state index in [-0.39, 0.29) is 30.0 Å². The molecule has 1 aromatic rings. The van der Waals surface area contributed by atoms with Crippen LogP contribution in [0.5, 0.6) is 0 Å². The summed E-state index contributed by atoms with van der Waals surface area (Å²) in [5.41, 5.74) is 0.821. The maximum atomic E-state index is 13.1. The first kappa shape index (κ1) is 17.9. The quantitative estimate of drug-likeness (QED) is 0.872. The number of nitrogens with zero attached hydrogens (tertiary/aromatic N) is 1. The Labute approximate surface area is 120 Å². The molecule has 108 valence electrons. The monoisotopic (exact) mass is 288 g/mol. The van der Waals surface area contributed by atoms with E-state index < -0.39 is 0 Å². The number of rotatable bonds is 6. The van der Waals surface area contributed by atoms with E-state index in [1.807, 2.05) is 27.0 Å². The average molecular weight is 289 g/mol. The lowest BCUT2D eigenvalue weighted by Gasteiger charge is -2.24. The molecule has 0 aliphatic rings. The van der Waals surface area contributed by atoms with Crippen molar-refractivity contribution in [3.05, 3.63) is 35.6 Å². The van der Waals surface area contributed by atoms with E-state index in [2.05, 4.69) is 5.32 Å². The highest BCUT2D eigenvalue weighted by atomic mass is 35.5. The molecule has 0 saturated heterocycles. The highest BCUT2D eigenvalue weighted by molar-refractivity contribution is 5.85. The molecule has 19 heavy (non-hydrogen) atoms. The number of hydrogen-bond donors (Lipinski definition) is 1. The minimum atomic E-state index is -0.265. The van der Waals surface area contributed by atoms with Crippen LogP contribution in [0, 0.1) is 11.7 Å². The summed E-state index contributed by atoms with van der Waals surface area (Å²) in [6.07, 6.45) is 0. The molecule has 1 atom stereocenters. The Hall–Kier alpha value is -1.13. The van der Waals surface area contributed by atoms with Gasteiger partial charge in [0.2, 0.25) is 5.91 Å². The summed E-state index contributed by atoms with van der Waals surface area (Å²) in [5, 5.41) is 2.99. The van der Waals surface area contributed by atoms with Crippen molar-refractivity contribution in [1.29, 1.82) is 0 Å². The van der Waals surface area contributed by atoms with E-state index in [9.17, 15) is 9.18 Å². The SMILES string of the molecule is CCN(Cc1cccc(F)c1)C(=O)C(C)CNC.Cl. The van der Waals surface area contributed by atoms with E-state index in [1.165, 1.54) is 12.1 Å². The van der Waals surface area contributed by atoms with Crippen molar-refractivity contribution in [3.8, 4) is 0 Å². The van der Waals surface area contributed by atoms with Crippen LogP contribution < -0.4 is 5.32 Å². The third kappa shape index (κ3) is 5.57. The van der Waals surface area contributed by atoms with Crippen LogP contribution in [0.15, 0.2) is 24.3 Å². The molecule has 0 heterocycles. The van der Waals surface area contributed by atoms with Gasteiger partial charge in [0.1, 0.15) is 5.82 Å². The van der Waals surface area contributed by atoms with Crippen molar-refractivity contribution >= 4 is 18.3 Å². The van der Waals surface area contributed by atoms with Crippen LogP contribution in [0.25, 0.3) is 0 Å². The summed E-state index contributed by atoms with van der Waals surface area (Å²) in [4.78, 5) is 13.9. The molecule has 0 fully saturated rings. The van der Waals surface area contributed by atoms with Crippen molar-refractivity contribution in [2.75, 3.05) is 20.1 Å². The number of benzene rings is 1. The van der Waals surface area contributed by atoms with Crippen molar-refractivity contribution in [3.63, 3.8) is 0 Å². The van der Waals surface area contributed by atoms with Crippen LogP contribution >= 0.6 is 12.4 Å². The Balaban J connectivity index is 0.00000324. The van der Waals surface area contributed by atoms with Gasteiger partial charge in [-0.25, -0.2) is 4.39 Å². The van der Waals surface area contributed by atoms with E-state index in [4.69, 9.17) is 0 Å². The van der Waals surface area contributed by atoms with Gasteiger partial charge in [0.05, 0.1) is 0 Å². The van der Waals surface area contributed by atoms with Crippen LogP contribution in [-0.4, -0.2) is 30.9 Å². The largest absolute Gasteiger partial charge is 0.338 e. The van der Waals surface area contributed by atoms with Crippen molar-refractivity contribution < 1.29 is 9.18 Å². The molecule has 5 heteroatoms. The molecule has 0 aromatic heterocycles. The zero-order valence-electron chi connectivity index (χ0n) is 11.6. The lowest BCUT2D eigenvalue weighted by molar-refractivity contribution is -0.135. The summed E-state index contributed by atoms with van der Waals surface area (Å²) < 4.78 is 13.1. The second-order valence-corrected chi connectivity index (χ2v) is 4.44. The lowest BCUT2D eigenvalue weighted by atomic mass is 10.1. The number of carbonyl (C=O) groups excluding carboxylic acids is 1. The van der Waals surface area contributed by atoms with Crippen molar-refractivity contribution in [2.45, 2.75) is 20.4 Å². The summed E-state index contributed by atoms with van der Waals surface area (Å²) in [6, 6.07) is 6.38. The zero-order valence-corrected chi connectivity index (χ0v) is 12.5. The van der Waals surface area contributed by atoms with Crippen LogP contribution in [-0.2, 0) is 11.3 Å². The van der Waals surface area contributed by atoms with E-state index >= 15 is 0 Å². The molecular formula is C14H22ClFN2O. The molecule has 1 amide bonds. The number of nitrogens with one attached hydrogen (secondary N) is 1. The predicted molar refractivity (Wildman–Crippen MR) is 77.8 cm³/mol. The lowest BCUT2D eigenvalue weighted by Crippen LogP contribution is -2.38. The molecule has 1 unspecified atom stereocenters. The normalized spacial score (nSPS) is 11.6. The maximum Gasteiger partial charge on any atom is 0.226 e. The topological polar surface area (TPSA) is 32.3 Å². The van der Waals surface area contributed by atoms with Crippen LogP contribution in [0.3, 0.4) is 0 Å². The standard InChI is InChI=1S/C14H21FN2O.ClH/c1-4-17(14(18)11(2)9-16-3)10-12-6-5-7-13(15)8-12;/h5-8,11,16H,4,9-10H2,1-3H3;1H. The Bertz CT molecular complexity index is 401. The summed E-state index contributed by atoms with van der Waals surface area (Å²) >= 11 is 0. The van der Waals surface area contributed by atoms with Crippen LogP contribution in [0.4, 0.5) is 4.39 Å². The first-order valence-electron chi connectivity index (χ1n) is 6.26. The maximum absolute atomic E-state index is 13.1. The molecule has 1 rings (SSSR count). The average Bonchev–Trinajstić information content (AvgIpc) is 2.35. The van der Waals surface area contributed by atoms with Gasteiger partial charge in [0.15, 0.2) is 0 Å². The van der Waals surface area contributed by atoms with Crippen LogP contribution in [0.1, 0.15) is 19.4 Å². The Kier molecular flexibility index (Phi) is 8.35. The highest BCUT2D eigenvalue weighted by Crippen LogP contribution is 2.10. The summed E-state index contributed by atoms with van der Waals surface area (Å²) in [6.45, 7) is 5.57. The molecule has 0 aliphatic heterocycles. The third-order valence-electron chi connectivity index (χ3n) is 2.89. The van der Waals surface area contributed by atoms with Gasteiger partial charge in [0.25, 0.3) is 0 Å². The van der Waals surface area contributed by atoms with Crippen LogP contribution in [0.2, 0.25) is 0 Å². The highest BCUT2D eigenvalue weighted by Gasteiger charge is 2.18. The number of carbonyl (C=O) groups is 1. The molecule has 0 radical (unpaired) electrons. The predicted octanol–water partition coefficient (Wildman–Crippen LogP) is 2.45. The van der Waals surface area contributed by atoms with Crippen molar-refractivity contribution in [1.82, 2.24) is 10.2 Å². The summed E-state index contributed by atoms with van der Waals surface area (Å²) in [7, 11) is 1.83. The fraction of sp³-hybridized carbons (Fsp3) is 0.500. The Morgan fingerprint density at radius 2 is 2.16 bits per heavy atom. The smallest absolute Gasteiger partial charge is 0.226 e. The van der Waals surface area contributed by atoms with E-state index in [1.54, 1.807) is 11.0 Å². The number of amides is 1.